The number of imidazole rings is 1. The predicted molar refractivity (Wildman–Crippen MR) is 74.4 cm³/mol. The van der Waals surface area contributed by atoms with Gasteiger partial charge in [-0.25, -0.2) is 9.97 Å². The third-order valence-corrected chi connectivity index (χ3v) is 4.32. The molecule has 96 valence electrons. The molecule has 2 aromatic heterocycles. The highest BCUT2D eigenvalue weighted by atomic mass is 79.9. The number of rotatable bonds is 2. The second-order valence-corrected chi connectivity index (χ2v) is 5.58. The fourth-order valence-corrected chi connectivity index (χ4v) is 3.00. The third kappa shape index (κ3) is 2.42. The number of hydrogen-bond acceptors (Lipinski definition) is 3. The van der Waals surface area contributed by atoms with Crippen molar-refractivity contribution in [3.05, 3.63) is 28.8 Å². The minimum Gasteiger partial charge on any atom is -0.297 e. The summed E-state index contributed by atoms with van der Waals surface area (Å²) in [5.74, 6) is 0.772. The number of likely N-dealkylation sites (tertiary alicyclic amines) is 1. The summed E-state index contributed by atoms with van der Waals surface area (Å²) in [6.07, 6.45) is 9.12. The van der Waals surface area contributed by atoms with Crippen molar-refractivity contribution < 1.29 is 0 Å². The van der Waals surface area contributed by atoms with Gasteiger partial charge in [-0.2, -0.15) is 0 Å². The number of hydrogen-bond donors (Lipinski definition) is 0. The Morgan fingerprint density at radius 1 is 1.17 bits per heavy atom. The van der Waals surface area contributed by atoms with Crippen molar-refractivity contribution >= 4 is 21.7 Å². The first-order valence-electron chi connectivity index (χ1n) is 6.54. The summed E-state index contributed by atoms with van der Waals surface area (Å²) in [5, 5.41) is 0. The van der Waals surface area contributed by atoms with Crippen LogP contribution >= 0.6 is 15.9 Å². The lowest BCUT2D eigenvalue weighted by atomic mass is 10.2. The molecular weight excluding hydrogens is 292 g/mol. The van der Waals surface area contributed by atoms with E-state index in [9.17, 15) is 0 Å². The molecule has 4 nitrogen and oxygen atoms in total. The molecule has 3 rings (SSSR count). The first kappa shape index (κ1) is 12.1. The Hall–Kier alpha value is -0.940. The molecule has 3 heterocycles. The summed E-state index contributed by atoms with van der Waals surface area (Å²) in [6, 6.07) is 1.93. The van der Waals surface area contributed by atoms with Crippen molar-refractivity contribution in [1.82, 2.24) is 19.3 Å². The molecule has 0 bridgehead atoms. The second-order valence-electron chi connectivity index (χ2n) is 4.83. The topological polar surface area (TPSA) is 33.4 Å². The van der Waals surface area contributed by atoms with Crippen LogP contribution in [0.2, 0.25) is 0 Å². The Labute approximate surface area is 115 Å². The number of nitrogens with zero attached hydrogens (tertiary/aromatic N) is 4. The highest BCUT2D eigenvalue weighted by Crippen LogP contribution is 2.20. The van der Waals surface area contributed by atoms with Gasteiger partial charge in [0.25, 0.3) is 0 Å². The van der Waals surface area contributed by atoms with Crippen molar-refractivity contribution in [3.63, 3.8) is 0 Å². The van der Waals surface area contributed by atoms with Crippen LogP contribution in [-0.4, -0.2) is 32.4 Å². The molecular formula is C13H17BrN4. The van der Waals surface area contributed by atoms with Gasteiger partial charge >= 0.3 is 0 Å². The van der Waals surface area contributed by atoms with Gasteiger partial charge in [0.15, 0.2) is 0 Å². The molecule has 0 atom stereocenters. The SMILES string of the molecule is Brc1c(CN2CCCCCC2)nc2ncccn12. The number of halogens is 1. The maximum absolute atomic E-state index is 4.60. The van der Waals surface area contributed by atoms with Crippen molar-refractivity contribution in [2.75, 3.05) is 13.1 Å². The fourth-order valence-electron chi connectivity index (χ4n) is 2.51. The quantitative estimate of drug-likeness (QED) is 0.855. The summed E-state index contributed by atoms with van der Waals surface area (Å²) in [4.78, 5) is 11.4. The Balaban J connectivity index is 1.83. The summed E-state index contributed by atoms with van der Waals surface area (Å²) in [5.41, 5.74) is 1.09. The molecule has 0 unspecified atom stereocenters. The van der Waals surface area contributed by atoms with Crippen LogP contribution in [0.15, 0.2) is 23.1 Å². The summed E-state index contributed by atoms with van der Waals surface area (Å²) in [6.45, 7) is 3.30. The van der Waals surface area contributed by atoms with Gasteiger partial charge in [0.2, 0.25) is 5.78 Å². The molecule has 0 radical (unpaired) electrons. The van der Waals surface area contributed by atoms with E-state index < -0.39 is 0 Å². The zero-order chi connectivity index (χ0) is 12.4. The van der Waals surface area contributed by atoms with Gasteiger partial charge in [-0.3, -0.25) is 9.30 Å². The number of fused-ring (bicyclic) bond motifs is 1. The molecule has 18 heavy (non-hydrogen) atoms. The van der Waals surface area contributed by atoms with Gasteiger partial charge in [0.05, 0.1) is 5.69 Å². The normalized spacial score (nSPS) is 18.1. The molecule has 1 aliphatic heterocycles. The van der Waals surface area contributed by atoms with E-state index in [1.807, 2.05) is 16.7 Å². The van der Waals surface area contributed by atoms with E-state index in [-0.39, 0.29) is 0 Å². The molecule has 5 heteroatoms. The second kappa shape index (κ2) is 5.36. The van der Waals surface area contributed by atoms with E-state index >= 15 is 0 Å². The van der Waals surface area contributed by atoms with E-state index in [1.54, 1.807) is 6.20 Å². The van der Waals surface area contributed by atoms with Gasteiger partial charge in [0.1, 0.15) is 4.60 Å². The van der Waals surface area contributed by atoms with Crippen LogP contribution in [0.3, 0.4) is 0 Å². The summed E-state index contributed by atoms with van der Waals surface area (Å²) < 4.78 is 3.03. The molecule has 0 aliphatic carbocycles. The van der Waals surface area contributed by atoms with Gasteiger partial charge in [0, 0.05) is 18.9 Å². The van der Waals surface area contributed by atoms with Crippen LogP contribution in [0.4, 0.5) is 0 Å². The van der Waals surface area contributed by atoms with E-state index in [4.69, 9.17) is 0 Å². The molecule has 0 N–H and O–H groups in total. The van der Waals surface area contributed by atoms with E-state index in [0.29, 0.717) is 0 Å². The van der Waals surface area contributed by atoms with Crippen molar-refractivity contribution in [2.45, 2.75) is 32.2 Å². The molecule has 0 amide bonds. The summed E-state index contributed by atoms with van der Waals surface area (Å²) in [7, 11) is 0. The van der Waals surface area contributed by atoms with Crippen molar-refractivity contribution in [3.8, 4) is 0 Å². The molecule has 0 aromatic carbocycles. The molecule has 2 aromatic rings. The zero-order valence-electron chi connectivity index (χ0n) is 10.3. The maximum atomic E-state index is 4.60. The Bertz CT molecular complexity index is 529. The molecule has 1 saturated heterocycles. The largest absolute Gasteiger partial charge is 0.297 e. The zero-order valence-corrected chi connectivity index (χ0v) is 11.9. The maximum Gasteiger partial charge on any atom is 0.234 e. The minimum absolute atomic E-state index is 0.772. The van der Waals surface area contributed by atoms with Crippen LogP contribution in [-0.2, 0) is 6.54 Å². The first-order valence-corrected chi connectivity index (χ1v) is 7.34. The molecule has 0 saturated carbocycles. The summed E-state index contributed by atoms with van der Waals surface area (Å²) >= 11 is 3.63. The standard InChI is InChI=1S/C13H17BrN4/c14-12-11(10-17-7-3-1-2-4-8-17)16-13-15-6-5-9-18(12)13/h5-6,9H,1-4,7-8,10H2. The third-order valence-electron chi connectivity index (χ3n) is 3.48. The van der Waals surface area contributed by atoms with E-state index in [1.165, 1.54) is 38.8 Å². The van der Waals surface area contributed by atoms with Crippen LogP contribution in [0.5, 0.6) is 0 Å². The van der Waals surface area contributed by atoms with E-state index in [0.717, 1.165) is 22.6 Å². The Morgan fingerprint density at radius 2 is 1.94 bits per heavy atom. The van der Waals surface area contributed by atoms with Gasteiger partial charge in [-0.15, -0.1) is 0 Å². The minimum atomic E-state index is 0.772. The average molecular weight is 309 g/mol. The molecule has 0 spiro atoms. The van der Waals surface area contributed by atoms with Crippen LogP contribution in [0.25, 0.3) is 5.78 Å². The molecule has 1 fully saturated rings. The highest BCUT2D eigenvalue weighted by molar-refractivity contribution is 9.10. The van der Waals surface area contributed by atoms with E-state index in [2.05, 4.69) is 30.8 Å². The fraction of sp³-hybridized carbons (Fsp3) is 0.538. The average Bonchev–Trinajstić information content (AvgIpc) is 2.58. The molecule has 1 aliphatic rings. The monoisotopic (exact) mass is 308 g/mol. The van der Waals surface area contributed by atoms with Gasteiger partial charge in [-0.05, 0) is 47.9 Å². The smallest absolute Gasteiger partial charge is 0.234 e. The Kier molecular flexibility index (Phi) is 3.61. The Morgan fingerprint density at radius 3 is 2.67 bits per heavy atom. The van der Waals surface area contributed by atoms with Crippen LogP contribution < -0.4 is 0 Å². The van der Waals surface area contributed by atoms with Gasteiger partial charge < -0.3 is 0 Å². The van der Waals surface area contributed by atoms with Gasteiger partial charge in [-0.1, -0.05) is 12.8 Å². The lowest BCUT2D eigenvalue weighted by Gasteiger charge is -2.18. The number of aromatic nitrogens is 3. The van der Waals surface area contributed by atoms with Crippen LogP contribution in [0, 0.1) is 0 Å². The van der Waals surface area contributed by atoms with Crippen LogP contribution in [0.1, 0.15) is 31.4 Å². The lowest BCUT2D eigenvalue weighted by Crippen LogP contribution is -2.24. The highest BCUT2D eigenvalue weighted by Gasteiger charge is 2.15. The lowest BCUT2D eigenvalue weighted by molar-refractivity contribution is 0.273. The van der Waals surface area contributed by atoms with Crippen molar-refractivity contribution in [2.24, 2.45) is 0 Å². The first-order chi connectivity index (χ1) is 8.84. The predicted octanol–water partition coefficient (Wildman–Crippen LogP) is 2.87. The van der Waals surface area contributed by atoms with Crippen molar-refractivity contribution in [1.29, 1.82) is 0 Å².